The summed E-state index contributed by atoms with van der Waals surface area (Å²) in [5.41, 5.74) is 0.956. The van der Waals surface area contributed by atoms with Crippen LogP contribution in [-0.4, -0.2) is 21.0 Å². The SMILES string of the molecule is CC1(C)CC1c1nc(Br)c(CC(=O)O)[nH]1. The highest BCUT2D eigenvalue weighted by Crippen LogP contribution is 2.57. The van der Waals surface area contributed by atoms with Gasteiger partial charge >= 0.3 is 5.97 Å². The minimum absolute atomic E-state index is 0.0132. The van der Waals surface area contributed by atoms with Crippen LogP contribution in [0, 0.1) is 5.41 Å². The van der Waals surface area contributed by atoms with Gasteiger partial charge in [-0.15, -0.1) is 0 Å². The van der Waals surface area contributed by atoms with Crippen LogP contribution in [0.1, 0.15) is 37.7 Å². The zero-order valence-corrected chi connectivity index (χ0v) is 10.3. The molecule has 1 unspecified atom stereocenters. The van der Waals surface area contributed by atoms with E-state index in [1.54, 1.807) is 0 Å². The summed E-state index contributed by atoms with van der Waals surface area (Å²) in [6, 6.07) is 0. The first-order valence-electron chi connectivity index (χ1n) is 4.86. The lowest BCUT2D eigenvalue weighted by molar-refractivity contribution is -0.136. The smallest absolute Gasteiger partial charge is 0.309 e. The zero-order valence-electron chi connectivity index (χ0n) is 8.67. The highest BCUT2D eigenvalue weighted by Gasteiger charge is 2.48. The number of carboxylic acids is 1. The van der Waals surface area contributed by atoms with Gasteiger partial charge in [0.15, 0.2) is 0 Å². The van der Waals surface area contributed by atoms with E-state index >= 15 is 0 Å². The molecule has 1 saturated carbocycles. The summed E-state index contributed by atoms with van der Waals surface area (Å²) in [5.74, 6) is 0.500. The maximum Gasteiger partial charge on any atom is 0.309 e. The first-order chi connectivity index (χ1) is 6.90. The van der Waals surface area contributed by atoms with Crippen molar-refractivity contribution in [1.82, 2.24) is 9.97 Å². The lowest BCUT2D eigenvalue weighted by Gasteiger charge is -1.98. The van der Waals surface area contributed by atoms with E-state index in [0.29, 0.717) is 21.6 Å². The van der Waals surface area contributed by atoms with E-state index in [1.807, 2.05) is 0 Å². The number of hydrogen-bond acceptors (Lipinski definition) is 2. The molecule has 2 N–H and O–H groups in total. The summed E-state index contributed by atoms with van der Waals surface area (Å²) in [5, 5.41) is 8.69. The van der Waals surface area contributed by atoms with Crippen LogP contribution in [0.3, 0.4) is 0 Å². The number of aliphatic carboxylic acids is 1. The average molecular weight is 273 g/mol. The highest BCUT2D eigenvalue weighted by atomic mass is 79.9. The maximum atomic E-state index is 10.6. The van der Waals surface area contributed by atoms with Gasteiger partial charge in [-0.25, -0.2) is 4.98 Å². The van der Waals surface area contributed by atoms with Gasteiger partial charge in [0.1, 0.15) is 10.4 Å². The van der Waals surface area contributed by atoms with E-state index in [-0.39, 0.29) is 6.42 Å². The van der Waals surface area contributed by atoms with E-state index in [2.05, 4.69) is 39.7 Å². The molecule has 0 aliphatic heterocycles. The van der Waals surface area contributed by atoms with Crippen LogP contribution in [0.5, 0.6) is 0 Å². The minimum Gasteiger partial charge on any atom is -0.481 e. The number of nitrogens with zero attached hydrogens (tertiary/aromatic N) is 1. The van der Waals surface area contributed by atoms with Crippen LogP contribution >= 0.6 is 15.9 Å². The van der Waals surface area contributed by atoms with E-state index < -0.39 is 5.97 Å². The van der Waals surface area contributed by atoms with Crippen LogP contribution in [0.4, 0.5) is 0 Å². The van der Waals surface area contributed by atoms with Crippen molar-refractivity contribution < 1.29 is 9.90 Å². The molecule has 15 heavy (non-hydrogen) atoms. The molecule has 0 bridgehead atoms. The monoisotopic (exact) mass is 272 g/mol. The molecule has 1 heterocycles. The molecule has 1 aromatic heterocycles. The molecule has 2 rings (SSSR count). The van der Waals surface area contributed by atoms with Crippen LogP contribution in [0.25, 0.3) is 0 Å². The Labute approximate surface area is 96.2 Å². The highest BCUT2D eigenvalue weighted by molar-refractivity contribution is 9.10. The van der Waals surface area contributed by atoms with Gasteiger partial charge in [-0.05, 0) is 27.8 Å². The van der Waals surface area contributed by atoms with Crippen molar-refractivity contribution in [2.24, 2.45) is 5.41 Å². The van der Waals surface area contributed by atoms with Crippen LogP contribution < -0.4 is 0 Å². The predicted molar refractivity (Wildman–Crippen MR) is 58.8 cm³/mol. The molecule has 1 fully saturated rings. The van der Waals surface area contributed by atoms with Crippen molar-refractivity contribution in [3.05, 3.63) is 16.1 Å². The standard InChI is InChI=1S/C10H13BrN2O2/c1-10(2)4-5(10)9-12-6(3-7(14)15)8(11)13-9/h5H,3-4H2,1-2H3,(H,12,13)(H,14,15). The fourth-order valence-corrected chi connectivity index (χ4v) is 2.21. The number of H-pyrrole nitrogens is 1. The Kier molecular flexibility index (Phi) is 2.37. The van der Waals surface area contributed by atoms with E-state index in [1.165, 1.54) is 0 Å². The Bertz CT molecular complexity index is 412. The molecule has 0 amide bonds. The Hall–Kier alpha value is -0.840. The van der Waals surface area contributed by atoms with Crippen molar-refractivity contribution in [2.45, 2.75) is 32.6 Å². The molecule has 82 valence electrons. The largest absolute Gasteiger partial charge is 0.481 e. The second-order valence-corrected chi connectivity index (χ2v) is 5.46. The second-order valence-electron chi connectivity index (χ2n) is 4.71. The molecule has 0 spiro atoms. The quantitative estimate of drug-likeness (QED) is 0.888. The topological polar surface area (TPSA) is 66.0 Å². The van der Waals surface area contributed by atoms with Gasteiger partial charge in [0.2, 0.25) is 0 Å². The molecule has 1 aliphatic carbocycles. The lowest BCUT2D eigenvalue weighted by atomic mass is 10.1. The number of rotatable bonds is 3. The maximum absolute atomic E-state index is 10.6. The Morgan fingerprint density at radius 1 is 1.73 bits per heavy atom. The number of carboxylic acid groups (broad SMARTS) is 1. The van der Waals surface area contributed by atoms with Crippen molar-refractivity contribution in [3.8, 4) is 0 Å². The van der Waals surface area contributed by atoms with E-state index in [4.69, 9.17) is 5.11 Å². The molecule has 4 nitrogen and oxygen atoms in total. The average Bonchev–Trinajstić information content (AvgIpc) is 2.56. The molecule has 5 heteroatoms. The molecule has 0 aromatic carbocycles. The number of imidazole rings is 1. The fourth-order valence-electron chi connectivity index (χ4n) is 1.77. The summed E-state index contributed by atoms with van der Waals surface area (Å²) in [6.07, 6.45) is 1.10. The molecule has 1 aliphatic rings. The van der Waals surface area contributed by atoms with Gasteiger partial charge in [-0.1, -0.05) is 13.8 Å². The summed E-state index contributed by atoms with van der Waals surface area (Å²) >= 11 is 3.27. The summed E-state index contributed by atoms with van der Waals surface area (Å²) in [7, 11) is 0. The normalized spacial score (nSPS) is 22.7. The first-order valence-corrected chi connectivity index (χ1v) is 5.65. The van der Waals surface area contributed by atoms with Crippen molar-refractivity contribution in [3.63, 3.8) is 0 Å². The summed E-state index contributed by atoms with van der Waals surface area (Å²) in [4.78, 5) is 18.0. The number of aromatic amines is 1. The van der Waals surface area contributed by atoms with Gasteiger partial charge < -0.3 is 10.1 Å². The fraction of sp³-hybridized carbons (Fsp3) is 0.600. The van der Waals surface area contributed by atoms with Crippen molar-refractivity contribution in [2.75, 3.05) is 0 Å². The summed E-state index contributed by atoms with van der Waals surface area (Å²) in [6.45, 7) is 4.37. The molecule has 0 radical (unpaired) electrons. The molecular weight excluding hydrogens is 260 g/mol. The van der Waals surface area contributed by atoms with Crippen molar-refractivity contribution >= 4 is 21.9 Å². The molecule has 0 saturated heterocycles. The Balaban J connectivity index is 2.19. The Morgan fingerprint density at radius 3 is 2.80 bits per heavy atom. The predicted octanol–water partition coefficient (Wildman–Crippen LogP) is 2.31. The first kappa shape index (κ1) is 10.7. The van der Waals surface area contributed by atoms with E-state index in [0.717, 1.165) is 12.2 Å². The van der Waals surface area contributed by atoms with Crippen molar-refractivity contribution in [1.29, 1.82) is 0 Å². The molecule has 1 atom stereocenters. The molecule has 1 aromatic rings. The van der Waals surface area contributed by atoms with E-state index in [9.17, 15) is 4.79 Å². The van der Waals surface area contributed by atoms with Crippen LogP contribution in [0.2, 0.25) is 0 Å². The second kappa shape index (κ2) is 3.33. The minimum atomic E-state index is -0.846. The number of carbonyl (C=O) groups is 1. The number of nitrogens with one attached hydrogen (secondary N) is 1. The Morgan fingerprint density at radius 2 is 2.33 bits per heavy atom. The van der Waals surface area contributed by atoms with Gasteiger partial charge in [-0.3, -0.25) is 4.79 Å². The van der Waals surface area contributed by atoms with Gasteiger partial charge in [0, 0.05) is 5.92 Å². The number of halogens is 1. The van der Waals surface area contributed by atoms with Crippen LogP contribution in [-0.2, 0) is 11.2 Å². The number of aromatic nitrogens is 2. The third-order valence-electron chi connectivity index (χ3n) is 2.92. The van der Waals surface area contributed by atoms with Gasteiger partial charge in [-0.2, -0.15) is 0 Å². The number of hydrogen-bond donors (Lipinski definition) is 2. The van der Waals surface area contributed by atoms with Crippen LogP contribution in [0.15, 0.2) is 4.60 Å². The van der Waals surface area contributed by atoms with Gasteiger partial charge in [0.25, 0.3) is 0 Å². The summed E-state index contributed by atoms with van der Waals surface area (Å²) < 4.78 is 0.627. The third-order valence-corrected chi connectivity index (χ3v) is 3.57. The molecular formula is C10H13BrN2O2. The van der Waals surface area contributed by atoms with Gasteiger partial charge in [0.05, 0.1) is 12.1 Å². The lowest BCUT2D eigenvalue weighted by Crippen LogP contribution is -2.01. The third kappa shape index (κ3) is 2.07. The zero-order chi connectivity index (χ0) is 11.2.